The largest absolute Gasteiger partial charge is 0 e. The standard InChI is InChI=1S/C27H28NSe.C25H13FNOSe.C25H15N2OSe.3C5H8O2.3Ir/c1-16-10-18(3)26(19(4)11-16)25-15-23-24(29-25)9-8-22(28-23)20-12-17(2)13-21(14-20)27(5,6)7;26-16-10-8-15(9-11-16)24-14-21-23(29-24)13-12-20(27-21)19-6-3-5-18-17-4-1-2-7-22(17)28-25(18)19;1-15-10-11-18-17-8-5-9-19(24(17)28-25(18)26-15)20-12-13-22-21(27-20)14-23(29-22)16-6-3-2-4-7-16;3*1-4(6)3-5(2)7;;;/h8-11,13-15H,1-7H3;1-5,7-14H;2-8,10-14H,1H3;3*3,6H,1-2H3;;;/q3*-1;;;;;;. The minimum absolute atomic E-state index is 0. The maximum absolute atomic E-state index is 13.2. The number of hydrogen-bond donors (Lipinski definition) is 3. The van der Waals surface area contributed by atoms with Crippen LogP contribution >= 0.6 is 0 Å². The normalized spacial score (nSPS) is 11.4. The van der Waals surface area contributed by atoms with Crippen LogP contribution in [0.15, 0.2) is 238 Å². The number of para-hydroxylation sites is 1. The quantitative estimate of drug-likeness (QED) is 0.0537. The fraction of sp³-hybridized carbons (Fsp3) is 0.163. The third kappa shape index (κ3) is 22.5. The smallest absolute Gasteiger partial charge is 0 e. The van der Waals surface area contributed by atoms with E-state index < -0.39 is 0 Å². The molecule has 0 unspecified atom stereocenters. The third-order valence-electron chi connectivity index (χ3n) is 16.9. The van der Waals surface area contributed by atoms with Gasteiger partial charge in [0.15, 0.2) is 17.3 Å². The topological polar surface area (TPSA) is 190 Å². The van der Waals surface area contributed by atoms with Crippen molar-refractivity contribution in [2.75, 3.05) is 0 Å². The molecule has 0 saturated heterocycles. The average Bonchev–Trinajstić information content (AvgIpc) is 1.63. The SMILES string of the molecule is CC(=O)C=C(C)O.CC(=O)C=C(C)O.CC(=O)C=C(C)O.Cc1[c-]c(-c2ccc3[se]c(-c4c(C)cc(C)cc4C)cc3n2)cc(C(C)(C)C)c1.Cc1ccc2c(n1)oc1c(-c3ccc4[se]c(-c5ccccc5)cc4n3)[c-]ccc12.Fc1ccc(-c2cc3nc(-c4[c-]ccc5c4oc4ccccc45)ccc3[se]2)cc1.[Ir].[Ir].[Ir]. The molecule has 9 aromatic heterocycles. The van der Waals surface area contributed by atoms with Crippen LogP contribution in [0.3, 0.4) is 0 Å². The molecule has 7 aromatic carbocycles. The third-order valence-corrected chi connectivity index (χ3v) is 24.0. The van der Waals surface area contributed by atoms with Gasteiger partial charge >= 0.3 is 526 Å². The summed E-state index contributed by atoms with van der Waals surface area (Å²) in [6.45, 7) is 26.0. The summed E-state index contributed by atoms with van der Waals surface area (Å²) in [5.74, 6) is -0.403. The number of allylic oxidation sites excluding steroid dienone is 6. The van der Waals surface area contributed by atoms with Crippen molar-refractivity contribution in [3.63, 3.8) is 0 Å². The van der Waals surface area contributed by atoms with Crippen molar-refractivity contribution in [3.05, 3.63) is 287 Å². The maximum atomic E-state index is 13.2. The molecule has 19 heteroatoms. The Bertz CT molecular complexity index is 6040. The van der Waals surface area contributed by atoms with E-state index in [-0.39, 0.29) is 135 Å². The summed E-state index contributed by atoms with van der Waals surface area (Å²) < 4.78 is 33.5. The Morgan fingerprint density at radius 2 is 0.910 bits per heavy atom. The fourth-order valence-corrected chi connectivity index (χ4v) is 19.0. The molecule has 0 fully saturated rings. The van der Waals surface area contributed by atoms with Gasteiger partial charge in [0.2, 0.25) is 0 Å². The second kappa shape index (κ2) is 39.0. The number of aryl methyl sites for hydroxylation is 5. The van der Waals surface area contributed by atoms with E-state index in [1.807, 2.05) is 73.7 Å². The van der Waals surface area contributed by atoms with Gasteiger partial charge in [-0.25, -0.2) is 0 Å². The Hall–Kier alpha value is -8.97. The Morgan fingerprint density at radius 1 is 0.459 bits per heavy atom. The molecule has 0 aliphatic heterocycles. The molecule has 16 aromatic rings. The van der Waals surface area contributed by atoms with Crippen molar-refractivity contribution in [1.29, 1.82) is 0 Å². The molecule has 0 aliphatic carbocycles. The van der Waals surface area contributed by atoms with Gasteiger partial charge in [0.1, 0.15) is 0 Å². The minimum atomic E-state index is -0.216. The van der Waals surface area contributed by atoms with Gasteiger partial charge in [0.25, 0.3) is 0 Å². The summed E-state index contributed by atoms with van der Waals surface area (Å²) in [5, 5.41) is 29.3. The minimum Gasteiger partial charge on any atom is 0 e. The van der Waals surface area contributed by atoms with Crippen LogP contribution in [0.5, 0.6) is 0 Å². The molecule has 3 N–H and O–H groups in total. The van der Waals surface area contributed by atoms with Gasteiger partial charge in [-0.05, 0) is 41.5 Å². The monoisotopic (exact) mass is 2210 g/mol. The van der Waals surface area contributed by atoms with Crippen LogP contribution in [0.1, 0.15) is 95.8 Å². The molecule has 0 spiro atoms. The Labute approximate surface area is 704 Å². The van der Waals surface area contributed by atoms with E-state index in [9.17, 15) is 18.8 Å². The fourth-order valence-electron chi connectivity index (χ4n) is 12.3. The van der Waals surface area contributed by atoms with Crippen molar-refractivity contribution in [1.82, 2.24) is 19.9 Å². The maximum Gasteiger partial charge on any atom is 0 e. The zero-order valence-electron chi connectivity index (χ0n) is 63.5. The van der Waals surface area contributed by atoms with Crippen molar-refractivity contribution in [3.8, 4) is 63.8 Å². The first kappa shape index (κ1) is 87.6. The first-order chi connectivity index (χ1) is 51.5. The van der Waals surface area contributed by atoms with E-state index in [2.05, 4.69) is 187 Å². The molecule has 0 atom stereocenters. The summed E-state index contributed by atoms with van der Waals surface area (Å²) in [4.78, 5) is 49.5. The summed E-state index contributed by atoms with van der Waals surface area (Å²) in [6.07, 6.45) is 3.50. The van der Waals surface area contributed by atoms with Crippen molar-refractivity contribution < 1.29 is 103 Å². The number of aliphatic hydroxyl groups excluding tert-OH is 3. The number of aromatic nitrogens is 4. The average molecular weight is 2200 g/mol. The van der Waals surface area contributed by atoms with E-state index in [1.54, 1.807) is 0 Å². The van der Waals surface area contributed by atoms with E-state index >= 15 is 0 Å². The van der Waals surface area contributed by atoms with Crippen LogP contribution in [-0.2, 0) is 80.1 Å². The number of halogens is 1. The van der Waals surface area contributed by atoms with E-state index in [1.165, 1.54) is 137 Å². The molecule has 0 saturated carbocycles. The molecule has 16 rings (SSSR count). The van der Waals surface area contributed by atoms with Crippen molar-refractivity contribution >= 4 is 134 Å². The van der Waals surface area contributed by atoms with Crippen molar-refractivity contribution in [2.24, 2.45) is 0 Å². The number of ketones is 3. The number of fused-ring (bicyclic) bond motifs is 9. The van der Waals surface area contributed by atoms with Crippen LogP contribution < -0.4 is 0 Å². The van der Waals surface area contributed by atoms with Gasteiger partial charge in [0, 0.05) is 78.5 Å². The first-order valence-corrected chi connectivity index (χ1v) is 40.0. The van der Waals surface area contributed by atoms with Gasteiger partial charge in [-0.1, -0.05) is 0 Å². The van der Waals surface area contributed by atoms with Crippen molar-refractivity contribution in [2.45, 2.75) is 102 Å². The van der Waals surface area contributed by atoms with Gasteiger partial charge in [-0.15, -0.1) is 0 Å². The summed E-state index contributed by atoms with van der Waals surface area (Å²) in [7, 11) is 0. The number of nitrogens with zero attached hydrogens (tertiary/aromatic N) is 4. The van der Waals surface area contributed by atoms with Gasteiger partial charge in [-0.2, -0.15) is 0 Å². The Balaban J connectivity index is 0.000000183. The van der Waals surface area contributed by atoms with Crippen LogP contribution in [0.2, 0.25) is 0 Å². The summed E-state index contributed by atoms with van der Waals surface area (Å²) in [5.41, 5.74) is 23.2. The molecule has 9 heterocycles. The molecule has 111 heavy (non-hydrogen) atoms. The number of carbonyl (C=O) groups is 3. The second-order valence-corrected chi connectivity index (χ2v) is 34.1. The molecule has 0 aliphatic rings. The number of rotatable bonds is 9. The zero-order chi connectivity index (χ0) is 77.3. The molecule has 12 nitrogen and oxygen atoms in total. The zero-order valence-corrected chi connectivity index (χ0v) is 75.8. The number of furan rings is 2. The molecule has 571 valence electrons. The first-order valence-electron chi connectivity index (χ1n) is 34.8. The number of carbonyl (C=O) groups excluding carboxylic acids is 3. The molecule has 3 radical (unpaired) electrons. The molecular formula is C92H80FIr3N4O8Se3-3. The molecule has 0 amide bonds. The molecule has 0 bridgehead atoms. The van der Waals surface area contributed by atoms with Gasteiger partial charge in [0.05, 0.1) is 17.3 Å². The van der Waals surface area contributed by atoms with Crippen LogP contribution in [-0.4, -0.2) is 96.1 Å². The predicted molar refractivity (Wildman–Crippen MR) is 441 cm³/mol. The summed E-state index contributed by atoms with van der Waals surface area (Å²) >= 11 is 0.741. The predicted octanol–water partition coefficient (Wildman–Crippen LogP) is 22.6. The van der Waals surface area contributed by atoms with E-state index in [0.717, 1.165) is 99.9 Å². The number of aliphatic hydroxyl groups is 3. The Morgan fingerprint density at radius 3 is 1.41 bits per heavy atom. The molecular weight excluding hydrogens is 2120 g/mol. The number of pyridine rings is 4. The Kier molecular flexibility index (Phi) is 30.8. The second-order valence-electron chi connectivity index (χ2n) is 27.3. The van der Waals surface area contributed by atoms with Gasteiger partial charge < -0.3 is 15.3 Å². The van der Waals surface area contributed by atoms with E-state index in [0.29, 0.717) is 20.2 Å². The van der Waals surface area contributed by atoms with Crippen LogP contribution in [0, 0.1) is 58.6 Å². The summed E-state index contributed by atoms with van der Waals surface area (Å²) in [6, 6.07) is 76.1. The van der Waals surface area contributed by atoms with Crippen LogP contribution in [0.4, 0.5) is 4.39 Å². The number of hydrogen-bond acceptors (Lipinski definition) is 12. The number of benzene rings is 7. The van der Waals surface area contributed by atoms with Gasteiger partial charge in [-0.3, -0.25) is 14.4 Å². The van der Waals surface area contributed by atoms with Crippen LogP contribution in [0.25, 0.3) is 137 Å². The van der Waals surface area contributed by atoms with E-state index in [4.69, 9.17) is 39.1 Å².